The van der Waals surface area contributed by atoms with Gasteiger partial charge in [0.25, 0.3) is 0 Å². The van der Waals surface area contributed by atoms with E-state index in [0.717, 1.165) is 18.5 Å². The molecule has 1 saturated heterocycles. The minimum Gasteiger partial charge on any atom is -0.352 e. The zero-order valence-electron chi connectivity index (χ0n) is 10.7. The average Bonchev–Trinajstić information content (AvgIpc) is 2.39. The van der Waals surface area contributed by atoms with Gasteiger partial charge >= 0.3 is 0 Å². The van der Waals surface area contributed by atoms with E-state index in [1.165, 1.54) is 12.8 Å². The third kappa shape index (κ3) is 4.68. The summed E-state index contributed by atoms with van der Waals surface area (Å²) in [5, 5.41) is 7.45. The van der Waals surface area contributed by atoms with Crippen molar-refractivity contribution in [3.63, 3.8) is 0 Å². The summed E-state index contributed by atoms with van der Waals surface area (Å²) in [5.74, 6) is 0.0606. The smallest absolute Gasteiger partial charge is 0.221 e. The maximum atomic E-state index is 11.8. The minimum absolute atomic E-state index is 0.0606. The highest BCUT2D eigenvalue weighted by Crippen LogP contribution is 2.20. The predicted octanol–water partition coefficient (Wildman–Crippen LogP) is 3.14. The zero-order valence-corrected chi connectivity index (χ0v) is 12.2. The number of hydrogen-bond acceptors (Lipinski definition) is 2. The van der Waals surface area contributed by atoms with Crippen LogP contribution in [0.25, 0.3) is 0 Å². The van der Waals surface area contributed by atoms with Crippen LogP contribution < -0.4 is 10.6 Å². The Morgan fingerprint density at radius 2 is 2.21 bits per heavy atom. The number of piperidine rings is 1. The molecular formula is C14H18Cl2N2O. The van der Waals surface area contributed by atoms with E-state index >= 15 is 0 Å². The quantitative estimate of drug-likeness (QED) is 0.897. The molecule has 1 amide bonds. The van der Waals surface area contributed by atoms with Crippen LogP contribution in [0.5, 0.6) is 0 Å². The van der Waals surface area contributed by atoms with Crippen LogP contribution in [-0.2, 0) is 11.3 Å². The van der Waals surface area contributed by atoms with Gasteiger partial charge in [0, 0.05) is 29.1 Å². The molecule has 2 rings (SSSR count). The minimum atomic E-state index is 0.0606. The molecule has 2 N–H and O–H groups in total. The maximum absolute atomic E-state index is 11.8. The molecule has 1 heterocycles. The largest absolute Gasteiger partial charge is 0.352 e. The predicted molar refractivity (Wildman–Crippen MR) is 78.6 cm³/mol. The Balaban J connectivity index is 1.79. The first-order chi connectivity index (χ1) is 9.15. The molecule has 0 aromatic heterocycles. The Kier molecular flexibility index (Phi) is 5.49. The van der Waals surface area contributed by atoms with E-state index in [1.807, 2.05) is 6.07 Å². The van der Waals surface area contributed by atoms with E-state index in [1.54, 1.807) is 12.1 Å². The van der Waals surface area contributed by atoms with Gasteiger partial charge in [-0.3, -0.25) is 4.79 Å². The van der Waals surface area contributed by atoms with E-state index in [0.29, 0.717) is 29.1 Å². The summed E-state index contributed by atoms with van der Waals surface area (Å²) in [7, 11) is 0. The van der Waals surface area contributed by atoms with Crippen molar-refractivity contribution in [2.75, 3.05) is 6.54 Å². The van der Waals surface area contributed by atoms with E-state index in [4.69, 9.17) is 23.2 Å². The number of nitrogens with one attached hydrogen (secondary N) is 2. The molecule has 0 saturated carbocycles. The Morgan fingerprint density at radius 3 is 2.89 bits per heavy atom. The molecular weight excluding hydrogens is 283 g/mol. The third-order valence-electron chi connectivity index (χ3n) is 3.34. The maximum Gasteiger partial charge on any atom is 0.221 e. The highest BCUT2D eigenvalue weighted by molar-refractivity contribution is 6.35. The van der Waals surface area contributed by atoms with Crippen molar-refractivity contribution in [3.05, 3.63) is 33.8 Å². The van der Waals surface area contributed by atoms with Crippen LogP contribution in [0.1, 0.15) is 31.2 Å². The second-order valence-corrected chi connectivity index (χ2v) is 5.71. The van der Waals surface area contributed by atoms with Crippen molar-refractivity contribution in [2.24, 2.45) is 0 Å². The lowest BCUT2D eigenvalue weighted by molar-refractivity contribution is -0.121. The standard InChI is InChI=1S/C14H18Cl2N2O/c15-11-5-4-10(13(16)7-11)9-18-14(19)8-12-3-1-2-6-17-12/h4-5,7,12,17H,1-3,6,8-9H2,(H,18,19). The molecule has 1 unspecified atom stereocenters. The van der Waals surface area contributed by atoms with Crippen LogP contribution in [0.3, 0.4) is 0 Å². The van der Waals surface area contributed by atoms with Gasteiger partial charge in [0.2, 0.25) is 5.91 Å². The molecule has 5 heteroatoms. The normalized spacial score (nSPS) is 19.2. The van der Waals surface area contributed by atoms with Crippen molar-refractivity contribution in [2.45, 2.75) is 38.3 Å². The molecule has 0 aliphatic carbocycles. The van der Waals surface area contributed by atoms with E-state index < -0.39 is 0 Å². The summed E-state index contributed by atoms with van der Waals surface area (Å²) in [5.41, 5.74) is 0.885. The van der Waals surface area contributed by atoms with Gasteiger partial charge < -0.3 is 10.6 Å². The van der Waals surface area contributed by atoms with E-state index in [9.17, 15) is 4.79 Å². The molecule has 0 bridgehead atoms. The summed E-state index contributed by atoms with van der Waals surface area (Å²) in [6.07, 6.45) is 4.02. The van der Waals surface area contributed by atoms with Crippen LogP contribution in [-0.4, -0.2) is 18.5 Å². The van der Waals surface area contributed by atoms with Crippen LogP contribution in [0.15, 0.2) is 18.2 Å². The number of amides is 1. The highest BCUT2D eigenvalue weighted by atomic mass is 35.5. The summed E-state index contributed by atoms with van der Waals surface area (Å²) in [6, 6.07) is 5.61. The summed E-state index contributed by atoms with van der Waals surface area (Å²) >= 11 is 11.9. The topological polar surface area (TPSA) is 41.1 Å². The van der Waals surface area contributed by atoms with Crippen LogP contribution >= 0.6 is 23.2 Å². The molecule has 0 radical (unpaired) electrons. The van der Waals surface area contributed by atoms with Gasteiger partial charge in [0.05, 0.1) is 0 Å². The molecule has 104 valence electrons. The van der Waals surface area contributed by atoms with Gasteiger partial charge in [-0.05, 0) is 37.1 Å². The monoisotopic (exact) mass is 300 g/mol. The van der Waals surface area contributed by atoms with E-state index in [-0.39, 0.29) is 5.91 Å². The summed E-state index contributed by atoms with van der Waals surface area (Å²) in [6.45, 7) is 1.46. The second kappa shape index (κ2) is 7.13. The fraction of sp³-hybridized carbons (Fsp3) is 0.500. The number of rotatable bonds is 4. The fourth-order valence-corrected chi connectivity index (χ4v) is 2.73. The van der Waals surface area contributed by atoms with Crippen molar-refractivity contribution < 1.29 is 4.79 Å². The Bertz CT molecular complexity index is 445. The molecule has 0 spiro atoms. The zero-order chi connectivity index (χ0) is 13.7. The van der Waals surface area contributed by atoms with Crippen molar-refractivity contribution in [1.29, 1.82) is 0 Å². The third-order valence-corrected chi connectivity index (χ3v) is 3.92. The molecule has 1 atom stereocenters. The van der Waals surface area contributed by atoms with Gasteiger partial charge in [-0.1, -0.05) is 35.7 Å². The average molecular weight is 301 g/mol. The van der Waals surface area contributed by atoms with Gasteiger partial charge in [-0.2, -0.15) is 0 Å². The van der Waals surface area contributed by atoms with Crippen LogP contribution in [0, 0.1) is 0 Å². The molecule has 1 aromatic carbocycles. The van der Waals surface area contributed by atoms with Gasteiger partial charge in [-0.25, -0.2) is 0 Å². The highest BCUT2D eigenvalue weighted by Gasteiger charge is 2.16. The van der Waals surface area contributed by atoms with Crippen LogP contribution in [0.2, 0.25) is 10.0 Å². The second-order valence-electron chi connectivity index (χ2n) is 4.86. The molecule has 3 nitrogen and oxygen atoms in total. The van der Waals surface area contributed by atoms with E-state index in [2.05, 4.69) is 10.6 Å². The number of halogens is 2. The number of hydrogen-bond donors (Lipinski definition) is 2. The Morgan fingerprint density at radius 1 is 1.37 bits per heavy atom. The lowest BCUT2D eigenvalue weighted by Crippen LogP contribution is -2.38. The number of benzene rings is 1. The first-order valence-electron chi connectivity index (χ1n) is 6.59. The molecule has 1 aromatic rings. The lowest BCUT2D eigenvalue weighted by atomic mass is 10.0. The summed E-state index contributed by atoms with van der Waals surface area (Å²) in [4.78, 5) is 11.8. The number of carbonyl (C=O) groups excluding carboxylic acids is 1. The van der Waals surface area contributed by atoms with Crippen molar-refractivity contribution in [1.82, 2.24) is 10.6 Å². The Hall–Kier alpha value is -0.770. The molecule has 19 heavy (non-hydrogen) atoms. The Labute approximate surface area is 123 Å². The van der Waals surface area contributed by atoms with Gasteiger partial charge in [0.15, 0.2) is 0 Å². The van der Waals surface area contributed by atoms with Crippen molar-refractivity contribution in [3.8, 4) is 0 Å². The molecule has 1 fully saturated rings. The SMILES string of the molecule is O=C(CC1CCCCN1)NCc1ccc(Cl)cc1Cl. The van der Waals surface area contributed by atoms with Gasteiger partial charge in [0.1, 0.15) is 0 Å². The number of carbonyl (C=O) groups is 1. The van der Waals surface area contributed by atoms with Crippen molar-refractivity contribution >= 4 is 29.1 Å². The van der Waals surface area contributed by atoms with Crippen LogP contribution in [0.4, 0.5) is 0 Å². The van der Waals surface area contributed by atoms with Gasteiger partial charge in [-0.15, -0.1) is 0 Å². The fourth-order valence-electron chi connectivity index (χ4n) is 2.25. The molecule has 1 aliphatic rings. The first kappa shape index (κ1) is 14.6. The lowest BCUT2D eigenvalue weighted by Gasteiger charge is -2.22. The first-order valence-corrected chi connectivity index (χ1v) is 7.35. The summed E-state index contributed by atoms with van der Waals surface area (Å²) < 4.78 is 0. The molecule has 1 aliphatic heterocycles.